The second kappa shape index (κ2) is 7.99. The van der Waals surface area contributed by atoms with Crippen LogP contribution in [0.1, 0.15) is 49.9 Å². The van der Waals surface area contributed by atoms with Crippen LogP contribution < -0.4 is 11.1 Å². The predicted molar refractivity (Wildman–Crippen MR) is 92.0 cm³/mol. The van der Waals surface area contributed by atoms with Crippen molar-refractivity contribution in [2.45, 2.75) is 45.6 Å². The number of carbonyl (C=O) groups is 2. The van der Waals surface area contributed by atoms with Gasteiger partial charge in [0.1, 0.15) is 0 Å². The summed E-state index contributed by atoms with van der Waals surface area (Å²) in [5.41, 5.74) is 6.92. The predicted octanol–water partition coefficient (Wildman–Crippen LogP) is 2.43. The van der Waals surface area contributed by atoms with Crippen molar-refractivity contribution in [2.75, 3.05) is 18.8 Å². The van der Waals surface area contributed by atoms with Crippen molar-refractivity contribution < 1.29 is 9.59 Å². The lowest BCUT2D eigenvalue weighted by atomic mass is 9.96. The lowest BCUT2D eigenvalue weighted by molar-refractivity contribution is -0.127. The van der Waals surface area contributed by atoms with Crippen LogP contribution in [0.15, 0.2) is 24.3 Å². The Labute approximate surface area is 138 Å². The van der Waals surface area contributed by atoms with Gasteiger partial charge in [0, 0.05) is 30.4 Å². The normalized spacial score (nSPS) is 19.2. The van der Waals surface area contributed by atoms with E-state index in [-0.39, 0.29) is 23.8 Å². The Balaban J connectivity index is 1.97. The highest BCUT2D eigenvalue weighted by Crippen LogP contribution is 2.20. The molecule has 3 N–H and O–H groups in total. The standard InChI is InChI=1S/C18H27N3O2/c1-3-6-13(2)20-17(22)15-8-5-10-21(12-15)18(23)14-7-4-9-16(19)11-14/h4,7,9,11,13,15H,3,5-6,8,10,12,19H2,1-2H3,(H,20,22). The number of piperidine rings is 1. The molecule has 0 spiro atoms. The van der Waals surface area contributed by atoms with E-state index in [9.17, 15) is 9.59 Å². The van der Waals surface area contributed by atoms with Crippen LogP contribution in [0, 0.1) is 5.92 Å². The molecule has 1 fully saturated rings. The fourth-order valence-corrected chi connectivity index (χ4v) is 3.10. The van der Waals surface area contributed by atoms with E-state index in [0.717, 1.165) is 25.7 Å². The Morgan fingerprint density at radius 3 is 2.91 bits per heavy atom. The zero-order chi connectivity index (χ0) is 16.8. The summed E-state index contributed by atoms with van der Waals surface area (Å²) in [5.74, 6) is -0.0968. The van der Waals surface area contributed by atoms with E-state index in [1.807, 2.05) is 6.92 Å². The first-order valence-electron chi connectivity index (χ1n) is 8.46. The Morgan fingerprint density at radius 1 is 1.43 bits per heavy atom. The van der Waals surface area contributed by atoms with Crippen molar-refractivity contribution in [1.82, 2.24) is 10.2 Å². The average Bonchev–Trinajstić information content (AvgIpc) is 2.54. The number of nitrogens with zero attached hydrogens (tertiary/aromatic N) is 1. The first-order valence-corrected chi connectivity index (χ1v) is 8.46. The first kappa shape index (κ1) is 17.3. The maximum atomic E-state index is 12.6. The van der Waals surface area contributed by atoms with Crippen molar-refractivity contribution in [2.24, 2.45) is 5.92 Å². The van der Waals surface area contributed by atoms with Crippen LogP contribution in [0.5, 0.6) is 0 Å². The van der Waals surface area contributed by atoms with E-state index < -0.39 is 0 Å². The molecule has 23 heavy (non-hydrogen) atoms. The van der Waals surface area contributed by atoms with Crippen LogP contribution >= 0.6 is 0 Å². The molecule has 1 aliphatic heterocycles. The Kier molecular flexibility index (Phi) is 6.02. The van der Waals surface area contributed by atoms with E-state index in [4.69, 9.17) is 5.73 Å². The Morgan fingerprint density at radius 2 is 2.22 bits per heavy atom. The molecule has 5 nitrogen and oxygen atoms in total. The maximum Gasteiger partial charge on any atom is 0.253 e. The van der Waals surface area contributed by atoms with Crippen molar-refractivity contribution in [3.05, 3.63) is 29.8 Å². The molecule has 0 bridgehead atoms. The number of amides is 2. The number of hydrogen-bond acceptors (Lipinski definition) is 3. The van der Waals surface area contributed by atoms with Gasteiger partial charge in [-0.25, -0.2) is 0 Å². The third-order valence-corrected chi connectivity index (χ3v) is 4.32. The van der Waals surface area contributed by atoms with E-state index in [2.05, 4.69) is 12.2 Å². The topological polar surface area (TPSA) is 75.4 Å². The van der Waals surface area contributed by atoms with E-state index in [0.29, 0.717) is 24.3 Å². The second-order valence-corrected chi connectivity index (χ2v) is 6.41. The van der Waals surface area contributed by atoms with Crippen molar-refractivity contribution in [1.29, 1.82) is 0 Å². The van der Waals surface area contributed by atoms with E-state index in [1.165, 1.54) is 0 Å². The van der Waals surface area contributed by atoms with Gasteiger partial charge in [-0.1, -0.05) is 19.4 Å². The van der Waals surface area contributed by atoms with Crippen LogP contribution in [0.3, 0.4) is 0 Å². The highest BCUT2D eigenvalue weighted by Gasteiger charge is 2.29. The van der Waals surface area contributed by atoms with Crippen LogP contribution in [-0.4, -0.2) is 35.8 Å². The van der Waals surface area contributed by atoms with Crippen LogP contribution in [0.2, 0.25) is 0 Å². The lowest BCUT2D eigenvalue weighted by Crippen LogP contribution is -2.47. The van der Waals surface area contributed by atoms with Gasteiger partial charge in [0.05, 0.1) is 5.92 Å². The monoisotopic (exact) mass is 317 g/mol. The molecule has 1 aliphatic rings. The lowest BCUT2D eigenvalue weighted by Gasteiger charge is -2.32. The van der Waals surface area contributed by atoms with E-state index in [1.54, 1.807) is 29.2 Å². The molecular formula is C18H27N3O2. The summed E-state index contributed by atoms with van der Waals surface area (Å²) in [7, 11) is 0. The number of likely N-dealkylation sites (tertiary alicyclic amines) is 1. The van der Waals surface area contributed by atoms with Gasteiger partial charge in [0.2, 0.25) is 5.91 Å². The van der Waals surface area contributed by atoms with Crippen molar-refractivity contribution in [3.8, 4) is 0 Å². The molecule has 1 saturated heterocycles. The first-order chi connectivity index (χ1) is 11.0. The maximum absolute atomic E-state index is 12.6. The van der Waals surface area contributed by atoms with Crippen LogP contribution in [0.4, 0.5) is 5.69 Å². The van der Waals surface area contributed by atoms with Crippen molar-refractivity contribution >= 4 is 17.5 Å². The zero-order valence-corrected chi connectivity index (χ0v) is 14.0. The number of nitrogens with one attached hydrogen (secondary N) is 1. The summed E-state index contributed by atoms with van der Waals surface area (Å²) in [6, 6.07) is 7.19. The number of nitrogen functional groups attached to an aromatic ring is 1. The number of rotatable bonds is 5. The van der Waals surface area contributed by atoms with Gasteiger partial charge >= 0.3 is 0 Å². The molecule has 0 aromatic heterocycles. The van der Waals surface area contributed by atoms with Gasteiger partial charge in [-0.15, -0.1) is 0 Å². The third-order valence-electron chi connectivity index (χ3n) is 4.32. The molecule has 2 atom stereocenters. The number of anilines is 1. The van der Waals surface area contributed by atoms with Gasteiger partial charge in [0.15, 0.2) is 0 Å². The van der Waals surface area contributed by atoms with Gasteiger partial charge in [-0.05, 0) is 44.4 Å². The largest absolute Gasteiger partial charge is 0.399 e. The van der Waals surface area contributed by atoms with Crippen LogP contribution in [-0.2, 0) is 4.79 Å². The number of benzene rings is 1. The van der Waals surface area contributed by atoms with Gasteiger partial charge in [0.25, 0.3) is 5.91 Å². The van der Waals surface area contributed by atoms with Crippen molar-refractivity contribution in [3.63, 3.8) is 0 Å². The molecule has 1 aromatic rings. The fourth-order valence-electron chi connectivity index (χ4n) is 3.10. The summed E-state index contributed by atoms with van der Waals surface area (Å²) < 4.78 is 0. The molecule has 1 aromatic carbocycles. The SMILES string of the molecule is CCCC(C)NC(=O)C1CCCN(C(=O)c2cccc(N)c2)C1. The minimum Gasteiger partial charge on any atom is -0.399 e. The smallest absolute Gasteiger partial charge is 0.253 e. The summed E-state index contributed by atoms with van der Waals surface area (Å²) in [6.45, 7) is 5.31. The minimum absolute atomic E-state index is 0.0450. The molecule has 0 radical (unpaired) electrons. The summed E-state index contributed by atoms with van der Waals surface area (Å²) in [4.78, 5) is 26.7. The summed E-state index contributed by atoms with van der Waals surface area (Å²) in [6.07, 6.45) is 3.72. The molecule has 2 amide bonds. The quantitative estimate of drug-likeness (QED) is 0.819. The molecular weight excluding hydrogens is 290 g/mol. The highest BCUT2D eigenvalue weighted by molar-refractivity contribution is 5.95. The van der Waals surface area contributed by atoms with Crippen LogP contribution in [0.25, 0.3) is 0 Å². The molecule has 2 unspecified atom stereocenters. The highest BCUT2D eigenvalue weighted by atomic mass is 16.2. The minimum atomic E-state index is -0.118. The van der Waals surface area contributed by atoms with Gasteiger partial charge in [-0.2, -0.15) is 0 Å². The molecule has 1 heterocycles. The molecule has 0 aliphatic carbocycles. The molecule has 5 heteroatoms. The fraction of sp³-hybridized carbons (Fsp3) is 0.556. The van der Waals surface area contributed by atoms with E-state index >= 15 is 0 Å². The Hall–Kier alpha value is -2.04. The molecule has 2 rings (SSSR count). The van der Waals surface area contributed by atoms with Gasteiger partial charge in [-0.3, -0.25) is 9.59 Å². The summed E-state index contributed by atoms with van der Waals surface area (Å²) >= 11 is 0. The summed E-state index contributed by atoms with van der Waals surface area (Å²) in [5, 5.41) is 3.06. The zero-order valence-electron chi connectivity index (χ0n) is 14.0. The Bertz CT molecular complexity index is 559. The molecule has 126 valence electrons. The average molecular weight is 317 g/mol. The number of hydrogen-bond donors (Lipinski definition) is 2. The number of nitrogens with two attached hydrogens (primary N) is 1. The second-order valence-electron chi connectivity index (χ2n) is 6.41. The molecule has 0 saturated carbocycles. The number of carbonyl (C=O) groups excluding carboxylic acids is 2. The van der Waals surface area contributed by atoms with Gasteiger partial charge < -0.3 is 16.0 Å². The third kappa shape index (κ3) is 4.71.